The fourth-order valence-electron chi connectivity index (χ4n) is 2.16. The van der Waals surface area contributed by atoms with Crippen molar-refractivity contribution in [1.29, 1.82) is 0 Å². The molecule has 1 aliphatic rings. The second-order valence-electron chi connectivity index (χ2n) is 5.29. The molecule has 1 saturated heterocycles. The largest absolute Gasteiger partial charge is 4.00 e. The molecule has 1 N–H and O–H groups in total. The van der Waals surface area contributed by atoms with Crippen molar-refractivity contribution < 1.29 is 21.7 Å². The van der Waals surface area contributed by atoms with E-state index in [-0.39, 0.29) is 27.1 Å². The number of hydrogen-bond donors (Lipinski definition) is 1. The van der Waals surface area contributed by atoms with Crippen molar-refractivity contribution in [3.8, 4) is 0 Å². The Labute approximate surface area is 139 Å². The van der Waals surface area contributed by atoms with Crippen molar-refractivity contribution in [3.63, 3.8) is 0 Å². The third-order valence-corrected chi connectivity index (χ3v) is 3.15. The number of hydrogen-bond acceptors (Lipinski definition) is 1. The first-order chi connectivity index (χ1) is 9.04. The van der Waals surface area contributed by atoms with Gasteiger partial charge in [0.15, 0.2) is 0 Å². The molecule has 0 amide bonds. The normalized spacial score (nSPS) is 17.2. The molecule has 4 nitrogen and oxygen atoms in total. The predicted molar refractivity (Wildman–Crippen MR) is 84.2 cm³/mol. The molecule has 2 rings (SSSR count). The van der Waals surface area contributed by atoms with Gasteiger partial charge in [-0.25, -0.2) is 0 Å². The maximum atomic E-state index is 4.39. The molecule has 1 unspecified atom stereocenters. The van der Waals surface area contributed by atoms with Gasteiger partial charge >= 0.3 is 21.7 Å². The van der Waals surface area contributed by atoms with E-state index in [2.05, 4.69) is 40.8 Å². The molecule has 1 aromatic rings. The van der Waals surface area contributed by atoms with Gasteiger partial charge in [0.2, 0.25) is 0 Å². The summed E-state index contributed by atoms with van der Waals surface area (Å²) in [5.41, 5.74) is 1.40. The molecular formula is C15H29N4Ti+. The standard InChI is InChI=1S/C11H17N2.2C2H6N.Ti/c1-11(2,9-5-3-7-12-9)10-6-4-8-13-10;2*1-3-2;/h3,5,7,10,13H,4,6,8H2,1-2H3;2*1-2H3;/q3*-1;+4. The van der Waals surface area contributed by atoms with Crippen molar-refractivity contribution in [2.24, 2.45) is 0 Å². The molecule has 5 heteroatoms. The van der Waals surface area contributed by atoms with E-state index >= 15 is 0 Å². The van der Waals surface area contributed by atoms with Crippen LogP contribution in [0.3, 0.4) is 0 Å². The Bertz CT molecular complexity index is 291. The van der Waals surface area contributed by atoms with E-state index < -0.39 is 0 Å². The molecule has 1 atom stereocenters. The molecule has 0 bridgehead atoms. The fraction of sp³-hybridized carbons (Fsp3) is 0.733. The van der Waals surface area contributed by atoms with Crippen LogP contribution >= 0.6 is 0 Å². The number of rotatable bonds is 2. The van der Waals surface area contributed by atoms with Gasteiger partial charge < -0.3 is 20.9 Å². The van der Waals surface area contributed by atoms with Gasteiger partial charge in [-0.15, -0.1) is 0 Å². The summed E-state index contributed by atoms with van der Waals surface area (Å²) in [7, 11) is 7.00. The second kappa shape index (κ2) is 12.6. The zero-order valence-electron chi connectivity index (χ0n) is 13.8. The van der Waals surface area contributed by atoms with E-state index in [0.717, 1.165) is 6.54 Å². The first kappa shape index (κ1) is 22.2. The zero-order valence-corrected chi connectivity index (χ0v) is 15.3. The van der Waals surface area contributed by atoms with Gasteiger partial charge in [0.25, 0.3) is 0 Å². The van der Waals surface area contributed by atoms with Gasteiger partial charge in [0, 0.05) is 6.04 Å². The van der Waals surface area contributed by atoms with Crippen molar-refractivity contribution in [3.05, 3.63) is 34.7 Å². The molecule has 20 heavy (non-hydrogen) atoms. The predicted octanol–water partition coefficient (Wildman–Crippen LogP) is 2.91. The third-order valence-electron chi connectivity index (χ3n) is 3.15. The van der Waals surface area contributed by atoms with E-state index in [9.17, 15) is 0 Å². The van der Waals surface area contributed by atoms with Crippen molar-refractivity contribution in [2.75, 3.05) is 34.7 Å². The topological polar surface area (TPSA) is 54.3 Å². The second-order valence-corrected chi connectivity index (χ2v) is 5.29. The number of nitrogens with zero attached hydrogens (tertiary/aromatic N) is 3. The van der Waals surface area contributed by atoms with Crippen molar-refractivity contribution in [2.45, 2.75) is 38.1 Å². The monoisotopic (exact) mass is 313 g/mol. The molecule has 0 radical (unpaired) electrons. The summed E-state index contributed by atoms with van der Waals surface area (Å²) in [5, 5.41) is 10.5. The smallest absolute Gasteiger partial charge is 0.668 e. The average Bonchev–Trinajstić information content (AvgIpc) is 3.06. The van der Waals surface area contributed by atoms with Crippen LogP contribution in [-0.4, -0.2) is 40.8 Å². The molecule has 1 aliphatic heterocycles. The maximum Gasteiger partial charge on any atom is 4.00 e. The Morgan fingerprint density at radius 3 is 2.10 bits per heavy atom. The first-order valence-electron chi connectivity index (χ1n) is 6.82. The van der Waals surface area contributed by atoms with Crippen LogP contribution in [0.4, 0.5) is 0 Å². The summed E-state index contributed by atoms with van der Waals surface area (Å²) in [6.45, 7) is 5.71. The summed E-state index contributed by atoms with van der Waals surface area (Å²) in [4.78, 5) is 4.39. The fourth-order valence-corrected chi connectivity index (χ4v) is 2.16. The van der Waals surface area contributed by atoms with Crippen LogP contribution in [0.2, 0.25) is 0 Å². The molecular weight excluding hydrogens is 284 g/mol. The Morgan fingerprint density at radius 1 is 1.20 bits per heavy atom. The van der Waals surface area contributed by atoms with Gasteiger partial charge in [0.1, 0.15) is 0 Å². The minimum absolute atomic E-state index is 0. The van der Waals surface area contributed by atoms with Gasteiger partial charge in [-0.05, 0) is 24.8 Å². The molecule has 0 saturated carbocycles. The SMILES string of the molecule is CC(C)(c1ccc[n-]1)C1CCCN1.C[N-]C.C[N-]C.[Ti+4]. The molecule has 0 aromatic carbocycles. The van der Waals surface area contributed by atoms with Crippen molar-refractivity contribution in [1.82, 2.24) is 10.3 Å². The average molecular weight is 313 g/mol. The quantitative estimate of drug-likeness (QED) is 0.854. The third kappa shape index (κ3) is 7.60. The van der Waals surface area contributed by atoms with Crippen molar-refractivity contribution >= 4 is 0 Å². The number of nitrogens with one attached hydrogen (secondary N) is 1. The Kier molecular flexibility index (Phi) is 14.0. The van der Waals surface area contributed by atoms with Crippen LogP contribution in [-0.2, 0) is 27.1 Å². The summed E-state index contributed by atoms with van der Waals surface area (Å²) in [6, 6.07) is 4.74. The summed E-state index contributed by atoms with van der Waals surface area (Å²) >= 11 is 0. The summed E-state index contributed by atoms with van der Waals surface area (Å²) < 4.78 is 0. The molecule has 1 aromatic heterocycles. The van der Waals surface area contributed by atoms with E-state index in [1.807, 2.05) is 12.3 Å². The van der Waals surface area contributed by atoms with E-state index in [1.165, 1.54) is 18.5 Å². The molecule has 0 spiro atoms. The summed E-state index contributed by atoms with van der Waals surface area (Å²) in [6.07, 6.45) is 4.46. The van der Waals surface area contributed by atoms with Gasteiger partial charge in [-0.1, -0.05) is 26.0 Å². The van der Waals surface area contributed by atoms with Gasteiger partial charge in [-0.2, -0.15) is 40.1 Å². The van der Waals surface area contributed by atoms with E-state index in [0.29, 0.717) is 6.04 Å². The van der Waals surface area contributed by atoms with E-state index in [1.54, 1.807) is 28.2 Å². The maximum absolute atomic E-state index is 4.39. The molecule has 2 heterocycles. The first-order valence-corrected chi connectivity index (χ1v) is 6.82. The van der Waals surface area contributed by atoms with E-state index in [4.69, 9.17) is 0 Å². The van der Waals surface area contributed by atoms with Gasteiger partial charge in [0.05, 0.1) is 0 Å². The van der Waals surface area contributed by atoms with Crippen LogP contribution in [0, 0.1) is 0 Å². The molecule has 1 fully saturated rings. The Hall–Kier alpha value is -0.126. The Morgan fingerprint density at radius 2 is 1.75 bits per heavy atom. The van der Waals surface area contributed by atoms with Gasteiger partial charge in [-0.3, -0.25) is 0 Å². The van der Waals surface area contributed by atoms with Crippen LogP contribution < -0.4 is 10.3 Å². The Balaban J connectivity index is 0. The zero-order chi connectivity index (χ0) is 14.7. The minimum atomic E-state index is 0. The number of aromatic nitrogens is 1. The molecule has 112 valence electrons. The van der Waals surface area contributed by atoms with Crippen LogP contribution in [0.1, 0.15) is 32.4 Å². The minimum Gasteiger partial charge on any atom is -0.668 e. The van der Waals surface area contributed by atoms with Crippen LogP contribution in [0.5, 0.6) is 0 Å². The van der Waals surface area contributed by atoms with Crippen LogP contribution in [0.25, 0.3) is 10.6 Å². The molecule has 0 aliphatic carbocycles. The van der Waals surface area contributed by atoms with Crippen LogP contribution in [0.15, 0.2) is 18.3 Å². The summed E-state index contributed by atoms with van der Waals surface area (Å²) in [5.74, 6) is 0.